The Balaban J connectivity index is 2.02. The van der Waals surface area contributed by atoms with Crippen molar-refractivity contribution in [1.82, 2.24) is 10.2 Å². The van der Waals surface area contributed by atoms with Crippen LogP contribution in [0, 0.1) is 5.92 Å². The first-order valence-corrected chi connectivity index (χ1v) is 8.68. The fraction of sp³-hybridized carbons (Fsp3) is 0.846. The Labute approximate surface area is 116 Å². The summed E-state index contributed by atoms with van der Waals surface area (Å²) >= 11 is 0. The van der Waals surface area contributed by atoms with Crippen molar-refractivity contribution < 1.29 is 13.8 Å². The summed E-state index contributed by atoms with van der Waals surface area (Å²) in [6.45, 7) is 2.45. The van der Waals surface area contributed by atoms with E-state index >= 15 is 0 Å². The smallest absolute Gasteiger partial charge is 0.246 e. The summed E-state index contributed by atoms with van der Waals surface area (Å²) in [6.07, 6.45) is 5.04. The standard InChI is InChI=1S/C13H22N2O3S/c1-3-10-12(16)14-11(9-5-6-9)13(17)15(10)7-4-8-19(2)18/h9-11H,3-8H2,1-2H3,(H,14,16). The normalized spacial score (nSPS) is 29.3. The van der Waals surface area contributed by atoms with Crippen LogP contribution in [0.4, 0.5) is 0 Å². The average molecular weight is 286 g/mol. The first-order valence-electron chi connectivity index (χ1n) is 6.95. The van der Waals surface area contributed by atoms with Crippen LogP contribution in [0.1, 0.15) is 32.6 Å². The zero-order valence-corrected chi connectivity index (χ0v) is 12.4. The van der Waals surface area contributed by atoms with Crippen LogP contribution in [0.15, 0.2) is 0 Å². The molecule has 5 nitrogen and oxygen atoms in total. The number of nitrogens with zero attached hydrogens (tertiary/aromatic N) is 1. The maximum atomic E-state index is 12.4. The zero-order valence-electron chi connectivity index (χ0n) is 11.6. The van der Waals surface area contributed by atoms with E-state index in [1.165, 1.54) is 0 Å². The van der Waals surface area contributed by atoms with E-state index in [-0.39, 0.29) is 23.9 Å². The third-order valence-corrected chi connectivity index (χ3v) is 4.70. The van der Waals surface area contributed by atoms with Crippen molar-refractivity contribution in [1.29, 1.82) is 0 Å². The zero-order chi connectivity index (χ0) is 14.0. The number of piperazine rings is 1. The van der Waals surface area contributed by atoms with Gasteiger partial charge in [-0.15, -0.1) is 0 Å². The van der Waals surface area contributed by atoms with Crippen molar-refractivity contribution in [3.63, 3.8) is 0 Å². The summed E-state index contributed by atoms with van der Waals surface area (Å²) < 4.78 is 11.1. The highest BCUT2D eigenvalue weighted by Gasteiger charge is 2.45. The Morgan fingerprint density at radius 3 is 2.58 bits per heavy atom. The van der Waals surface area contributed by atoms with Crippen LogP contribution in [0.5, 0.6) is 0 Å². The largest absolute Gasteiger partial charge is 0.342 e. The molecule has 0 aromatic rings. The van der Waals surface area contributed by atoms with Crippen LogP contribution < -0.4 is 5.32 Å². The summed E-state index contributed by atoms with van der Waals surface area (Å²) in [5.41, 5.74) is 0. The third-order valence-electron chi connectivity index (χ3n) is 3.84. The molecular weight excluding hydrogens is 264 g/mol. The van der Waals surface area contributed by atoms with Crippen LogP contribution in [-0.4, -0.2) is 51.6 Å². The predicted octanol–water partition coefficient (Wildman–Crippen LogP) is 0.271. The van der Waals surface area contributed by atoms with Crippen molar-refractivity contribution >= 4 is 22.6 Å². The van der Waals surface area contributed by atoms with Crippen molar-refractivity contribution in [2.24, 2.45) is 5.92 Å². The van der Waals surface area contributed by atoms with Gasteiger partial charge in [-0.3, -0.25) is 13.8 Å². The summed E-state index contributed by atoms with van der Waals surface area (Å²) in [7, 11) is -0.847. The fourth-order valence-electron chi connectivity index (χ4n) is 2.64. The maximum absolute atomic E-state index is 12.4. The molecule has 2 rings (SSSR count). The second-order valence-corrected chi connectivity index (χ2v) is 6.96. The van der Waals surface area contributed by atoms with E-state index in [1.807, 2.05) is 6.92 Å². The molecule has 2 aliphatic rings. The Morgan fingerprint density at radius 1 is 1.37 bits per heavy atom. The SMILES string of the molecule is CCC1C(=O)NC(C2CC2)C(=O)N1CCCS(C)=O. The summed E-state index contributed by atoms with van der Waals surface area (Å²) in [5.74, 6) is 0.931. The Hall–Kier alpha value is -0.910. The molecule has 3 atom stereocenters. The Kier molecular flexibility index (Phi) is 4.60. The summed E-state index contributed by atoms with van der Waals surface area (Å²) in [4.78, 5) is 26.2. The van der Waals surface area contributed by atoms with Gasteiger partial charge in [0.05, 0.1) is 0 Å². The molecule has 2 fully saturated rings. The summed E-state index contributed by atoms with van der Waals surface area (Å²) in [5, 5.41) is 2.87. The van der Waals surface area contributed by atoms with Crippen molar-refractivity contribution in [2.45, 2.75) is 44.7 Å². The molecule has 3 unspecified atom stereocenters. The Bertz CT molecular complexity index is 395. The highest BCUT2D eigenvalue weighted by molar-refractivity contribution is 7.84. The lowest BCUT2D eigenvalue weighted by Crippen LogP contribution is -2.64. The van der Waals surface area contributed by atoms with E-state index < -0.39 is 10.8 Å². The van der Waals surface area contributed by atoms with E-state index in [2.05, 4.69) is 5.32 Å². The van der Waals surface area contributed by atoms with E-state index in [4.69, 9.17) is 0 Å². The molecule has 1 saturated carbocycles. The molecule has 0 aromatic carbocycles. The molecule has 1 saturated heterocycles. The minimum absolute atomic E-state index is 0.0309. The molecule has 0 spiro atoms. The predicted molar refractivity (Wildman–Crippen MR) is 74.0 cm³/mol. The lowest BCUT2D eigenvalue weighted by molar-refractivity contribution is -0.150. The minimum Gasteiger partial charge on any atom is -0.342 e. The van der Waals surface area contributed by atoms with Crippen LogP contribution in [-0.2, 0) is 20.4 Å². The molecule has 2 amide bonds. The lowest BCUT2D eigenvalue weighted by atomic mass is 10.0. The molecule has 0 aromatic heterocycles. The van der Waals surface area contributed by atoms with Gasteiger partial charge in [0.25, 0.3) is 0 Å². The van der Waals surface area contributed by atoms with E-state index in [1.54, 1.807) is 11.2 Å². The van der Waals surface area contributed by atoms with Crippen LogP contribution >= 0.6 is 0 Å². The van der Waals surface area contributed by atoms with Gasteiger partial charge in [-0.2, -0.15) is 0 Å². The van der Waals surface area contributed by atoms with Gasteiger partial charge in [-0.25, -0.2) is 0 Å². The molecule has 108 valence electrons. The van der Waals surface area contributed by atoms with Crippen LogP contribution in [0.3, 0.4) is 0 Å². The Morgan fingerprint density at radius 2 is 2.05 bits per heavy atom. The van der Waals surface area contributed by atoms with Gasteiger partial charge in [0, 0.05) is 29.4 Å². The number of rotatable bonds is 6. The molecule has 19 heavy (non-hydrogen) atoms. The second-order valence-electron chi connectivity index (χ2n) is 5.41. The molecule has 1 heterocycles. The van der Waals surface area contributed by atoms with Gasteiger partial charge in [0.1, 0.15) is 12.1 Å². The van der Waals surface area contributed by atoms with Crippen molar-refractivity contribution in [3.8, 4) is 0 Å². The van der Waals surface area contributed by atoms with Gasteiger partial charge in [-0.05, 0) is 31.6 Å². The van der Waals surface area contributed by atoms with E-state index in [0.717, 1.165) is 12.8 Å². The second kappa shape index (κ2) is 6.03. The highest BCUT2D eigenvalue weighted by atomic mass is 32.2. The number of carbonyl (C=O) groups excluding carboxylic acids is 2. The molecule has 0 radical (unpaired) electrons. The minimum atomic E-state index is -0.847. The highest BCUT2D eigenvalue weighted by Crippen LogP contribution is 2.35. The number of amides is 2. The topological polar surface area (TPSA) is 66.5 Å². The van der Waals surface area contributed by atoms with Gasteiger partial charge >= 0.3 is 0 Å². The average Bonchev–Trinajstić information content (AvgIpc) is 3.17. The first kappa shape index (κ1) is 14.5. The first-order chi connectivity index (χ1) is 9.04. The van der Waals surface area contributed by atoms with Gasteiger partial charge < -0.3 is 10.2 Å². The van der Waals surface area contributed by atoms with Gasteiger partial charge in [0.2, 0.25) is 11.8 Å². The number of carbonyl (C=O) groups is 2. The quantitative estimate of drug-likeness (QED) is 0.762. The van der Waals surface area contributed by atoms with Crippen molar-refractivity contribution in [3.05, 3.63) is 0 Å². The van der Waals surface area contributed by atoms with E-state index in [0.29, 0.717) is 31.1 Å². The van der Waals surface area contributed by atoms with Gasteiger partial charge in [0.15, 0.2) is 0 Å². The fourth-order valence-corrected chi connectivity index (χ4v) is 3.18. The van der Waals surface area contributed by atoms with Crippen LogP contribution in [0.2, 0.25) is 0 Å². The maximum Gasteiger partial charge on any atom is 0.246 e. The molecule has 6 heteroatoms. The van der Waals surface area contributed by atoms with Crippen molar-refractivity contribution in [2.75, 3.05) is 18.6 Å². The van der Waals surface area contributed by atoms with Crippen LogP contribution in [0.25, 0.3) is 0 Å². The number of nitrogens with one attached hydrogen (secondary N) is 1. The van der Waals surface area contributed by atoms with Gasteiger partial charge in [-0.1, -0.05) is 6.92 Å². The lowest BCUT2D eigenvalue weighted by Gasteiger charge is -2.38. The monoisotopic (exact) mass is 286 g/mol. The molecule has 0 bridgehead atoms. The molecule has 1 aliphatic heterocycles. The number of hydrogen-bond acceptors (Lipinski definition) is 3. The molecule has 1 aliphatic carbocycles. The summed E-state index contributed by atoms with van der Waals surface area (Å²) in [6, 6.07) is -0.671. The van der Waals surface area contributed by atoms with E-state index in [9.17, 15) is 13.8 Å². The third kappa shape index (κ3) is 3.35. The number of hydrogen-bond donors (Lipinski definition) is 1. The molecule has 1 N–H and O–H groups in total. The molecular formula is C13H22N2O3S.